The van der Waals surface area contributed by atoms with Crippen LogP contribution in [-0.4, -0.2) is 34.5 Å². The summed E-state index contributed by atoms with van der Waals surface area (Å²) in [6, 6.07) is 5.97. The van der Waals surface area contributed by atoms with E-state index in [-0.39, 0.29) is 18.5 Å². The van der Waals surface area contributed by atoms with Gasteiger partial charge in [0, 0.05) is 13.0 Å². The largest absolute Gasteiger partial charge is 0.479 e. The number of carboxylic acid groups (broad SMARTS) is 1. The standard InChI is InChI=1S/C13H16FNO3/c1-3-15(9-16)13(2,12(17)18)8-10-6-4-5-7-11(10)14/h4-7,9H,3,8H2,1-2H3,(H,17,18). The lowest BCUT2D eigenvalue weighted by molar-refractivity contribution is -0.153. The van der Waals surface area contributed by atoms with E-state index in [2.05, 4.69) is 0 Å². The first-order valence-corrected chi connectivity index (χ1v) is 5.64. The Hall–Kier alpha value is -1.91. The summed E-state index contributed by atoms with van der Waals surface area (Å²) in [5.41, 5.74) is -1.17. The molecule has 1 amide bonds. The van der Waals surface area contributed by atoms with E-state index in [9.17, 15) is 19.1 Å². The van der Waals surface area contributed by atoms with Crippen molar-refractivity contribution in [3.05, 3.63) is 35.6 Å². The van der Waals surface area contributed by atoms with Gasteiger partial charge in [0.15, 0.2) is 0 Å². The first-order valence-electron chi connectivity index (χ1n) is 5.64. The molecule has 1 aromatic carbocycles. The van der Waals surface area contributed by atoms with Gasteiger partial charge >= 0.3 is 5.97 Å². The van der Waals surface area contributed by atoms with Gasteiger partial charge in [0.1, 0.15) is 11.4 Å². The highest BCUT2D eigenvalue weighted by Crippen LogP contribution is 2.22. The van der Waals surface area contributed by atoms with Crippen LogP contribution in [0.1, 0.15) is 19.4 Å². The molecule has 1 unspecified atom stereocenters. The second kappa shape index (κ2) is 5.62. The second-order valence-corrected chi connectivity index (χ2v) is 4.24. The van der Waals surface area contributed by atoms with Crippen LogP contribution < -0.4 is 0 Å². The molecule has 0 aromatic heterocycles. The lowest BCUT2D eigenvalue weighted by Crippen LogP contribution is -2.53. The van der Waals surface area contributed by atoms with Crippen LogP contribution in [0.2, 0.25) is 0 Å². The Morgan fingerprint density at radius 1 is 1.50 bits per heavy atom. The van der Waals surface area contributed by atoms with Crippen molar-refractivity contribution in [3.8, 4) is 0 Å². The summed E-state index contributed by atoms with van der Waals surface area (Å²) in [7, 11) is 0. The smallest absolute Gasteiger partial charge is 0.329 e. The molecule has 0 aliphatic carbocycles. The van der Waals surface area contributed by atoms with Crippen molar-refractivity contribution in [1.82, 2.24) is 4.90 Å². The Morgan fingerprint density at radius 2 is 2.11 bits per heavy atom. The number of hydrogen-bond donors (Lipinski definition) is 1. The van der Waals surface area contributed by atoms with Gasteiger partial charge < -0.3 is 10.0 Å². The molecule has 0 radical (unpaired) electrons. The van der Waals surface area contributed by atoms with Crippen LogP contribution in [0.25, 0.3) is 0 Å². The number of amides is 1. The maximum Gasteiger partial charge on any atom is 0.329 e. The first kappa shape index (κ1) is 14.2. The lowest BCUT2D eigenvalue weighted by atomic mass is 9.91. The zero-order valence-corrected chi connectivity index (χ0v) is 10.4. The number of benzene rings is 1. The highest BCUT2D eigenvalue weighted by Gasteiger charge is 2.39. The van der Waals surface area contributed by atoms with Gasteiger partial charge in [-0.2, -0.15) is 0 Å². The predicted octanol–water partition coefficient (Wildman–Crippen LogP) is 1.69. The van der Waals surface area contributed by atoms with Crippen LogP contribution in [0.5, 0.6) is 0 Å². The van der Waals surface area contributed by atoms with Crippen LogP contribution in [0.3, 0.4) is 0 Å². The minimum Gasteiger partial charge on any atom is -0.479 e. The third-order valence-corrected chi connectivity index (χ3v) is 3.06. The Balaban J connectivity index is 3.11. The van der Waals surface area contributed by atoms with Crippen molar-refractivity contribution >= 4 is 12.4 Å². The molecular formula is C13H16FNO3. The molecule has 1 aromatic rings. The summed E-state index contributed by atoms with van der Waals surface area (Å²) in [4.78, 5) is 23.5. The summed E-state index contributed by atoms with van der Waals surface area (Å²) < 4.78 is 13.6. The normalized spacial score (nSPS) is 13.7. The summed E-state index contributed by atoms with van der Waals surface area (Å²) >= 11 is 0. The van der Waals surface area contributed by atoms with Gasteiger partial charge in [-0.1, -0.05) is 18.2 Å². The number of hydrogen-bond acceptors (Lipinski definition) is 2. The molecule has 0 fully saturated rings. The van der Waals surface area contributed by atoms with Gasteiger partial charge in [-0.25, -0.2) is 9.18 Å². The topological polar surface area (TPSA) is 57.6 Å². The molecule has 1 atom stereocenters. The maximum atomic E-state index is 13.6. The van der Waals surface area contributed by atoms with Crippen molar-refractivity contribution in [1.29, 1.82) is 0 Å². The maximum absolute atomic E-state index is 13.6. The molecule has 0 saturated carbocycles. The van der Waals surface area contributed by atoms with Gasteiger partial charge in [0.25, 0.3) is 0 Å². The minimum absolute atomic E-state index is 0.0679. The number of aliphatic carboxylic acids is 1. The lowest BCUT2D eigenvalue weighted by Gasteiger charge is -2.34. The molecule has 0 heterocycles. The number of carboxylic acids is 1. The van der Waals surface area contributed by atoms with E-state index in [1.165, 1.54) is 25.1 Å². The zero-order chi connectivity index (χ0) is 13.8. The van der Waals surface area contributed by atoms with Crippen LogP contribution in [0.15, 0.2) is 24.3 Å². The molecule has 0 saturated heterocycles. The third-order valence-electron chi connectivity index (χ3n) is 3.06. The number of likely N-dealkylation sites (N-methyl/N-ethyl adjacent to an activating group) is 1. The van der Waals surface area contributed by atoms with Gasteiger partial charge in [-0.05, 0) is 25.5 Å². The van der Waals surface area contributed by atoms with Crippen molar-refractivity contribution in [2.45, 2.75) is 25.8 Å². The first-order chi connectivity index (χ1) is 8.45. The fraction of sp³-hybridized carbons (Fsp3) is 0.385. The monoisotopic (exact) mass is 253 g/mol. The molecular weight excluding hydrogens is 237 g/mol. The fourth-order valence-corrected chi connectivity index (χ4v) is 1.85. The summed E-state index contributed by atoms with van der Waals surface area (Å²) in [6.07, 6.45) is 0.413. The molecule has 0 bridgehead atoms. The van der Waals surface area contributed by atoms with Crippen molar-refractivity contribution < 1.29 is 19.1 Å². The Labute approximate surface area is 105 Å². The minimum atomic E-state index is -1.45. The Morgan fingerprint density at radius 3 is 2.56 bits per heavy atom. The molecule has 1 N–H and O–H groups in total. The van der Waals surface area contributed by atoms with E-state index in [0.29, 0.717) is 6.41 Å². The average Bonchev–Trinajstić information content (AvgIpc) is 2.33. The average molecular weight is 253 g/mol. The van der Waals surface area contributed by atoms with E-state index >= 15 is 0 Å². The SMILES string of the molecule is CCN(C=O)C(C)(Cc1ccccc1F)C(=O)O. The molecule has 0 aliphatic rings. The number of rotatable bonds is 6. The van der Waals surface area contributed by atoms with E-state index in [4.69, 9.17) is 0 Å². The Kier molecular flexibility index (Phi) is 4.42. The van der Waals surface area contributed by atoms with E-state index in [0.717, 1.165) is 4.90 Å². The molecule has 5 heteroatoms. The van der Waals surface area contributed by atoms with E-state index < -0.39 is 17.3 Å². The van der Waals surface area contributed by atoms with Crippen molar-refractivity contribution in [2.75, 3.05) is 6.54 Å². The fourth-order valence-electron chi connectivity index (χ4n) is 1.85. The van der Waals surface area contributed by atoms with E-state index in [1.807, 2.05) is 0 Å². The molecule has 0 aliphatic heterocycles. The van der Waals surface area contributed by atoms with Gasteiger partial charge in [0.05, 0.1) is 0 Å². The molecule has 0 spiro atoms. The molecule has 98 valence electrons. The highest BCUT2D eigenvalue weighted by atomic mass is 19.1. The van der Waals surface area contributed by atoms with Gasteiger partial charge in [-0.3, -0.25) is 4.79 Å². The van der Waals surface area contributed by atoms with Crippen molar-refractivity contribution in [3.63, 3.8) is 0 Å². The zero-order valence-electron chi connectivity index (χ0n) is 10.4. The van der Waals surface area contributed by atoms with Gasteiger partial charge in [-0.15, -0.1) is 0 Å². The van der Waals surface area contributed by atoms with Crippen LogP contribution in [0.4, 0.5) is 4.39 Å². The summed E-state index contributed by atoms with van der Waals surface area (Å²) in [5.74, 6) is -1.62. The number of halogens is 1. The van der Waals surface area contributed by atoms with Crippen molar-refractivity contribution in [2.24, 2.45) is 0 Å². The number of carbonyl (C=O) groups is 2. The molecule has 18 heavy (non-hydrogen) atoms. The van der Waals surface area contributed by atoms with Crippen LogP contribution in [0, 0.1) is 5.82 Å². The molecule has 1 rings (SSSR count). The highest BCUT2D eigenvalue weighted by molar-refractivity contribution is 5.81. The number of nitrogens with zero attached hydrogens (tertiary/aromatic N) is 1. The summed E-state index contributed by atoms with van der Waals surface area (Å²) in [5, 5.41) is 9.29. The third kappa shape index (κ3) is 2.67. The van der Waals surface area contributed by atoms with Crippen LogP contribution in [-0.2, 0) is 16.0 Å². The van der Waals surface area contributed by atoms with Gasteiger partial charge in [0.2, 0.25) is 6.41 Å². The summed E-state index contributed by atoms with van der Waals surface area (Å²) in [6.45, 7) is 3.34. The number of carbonyl (C=O) groups excluding carboxylic acids is 1. The van der Waals surface area contributed by atoms with E-state index in [1.54, 1.807) is 13.0 Å². The molecule has 4 nitrogen and oxygen atoms in total. The predicted molar refractivity (Wildman–Crippen MR) is 64.6 cm³/mol. The quantitative estimate of drug-likeness (QED) is 0.785. The second-order valence-electron chi connectivity index (χ2n) is 4.24. The Bertz CT molecular complexity index is 450. The van der Waals surface area contributed by atoms with Crippen LogP contribution >= 0.6 is 0 Å².